The van der Waals surface area contributed by atoms with E-state index in [0.717, 1.165) is 11.1 Å². The van der Waals surface area contributed by atoms with E-state index in [1.807, 2.05) is 24.3 Å². The van der Waals surface area contributed by atoms with Crippen molar-refractivity contribution in [2.24, 2.45) is 0 Å². The predicted octanol–water partition coefficient (Wildman–Crippen LogP) is 5.16. The molecule has 3 rings (SSSR count). The molecule has 0 amide bonds. The zero-order valence-electron chi connectivity index (χ0n) is 10.4. The van der Waals surface area contributed by atoms with E-state index in [1.165, 1.54) is 11.1 Å². The van der Waals surface area contributed by atoms with Crippen LogP contribution in [0.15, 0.2) is 78.9 Å². The summed E-state index contributed by atoms with van der Waals surface area (Å²) in [6.45, 7) is 0. The topological polar surface area (TPSA) is 19.9 Å². The van der Waals surface area contributed by atoms with E-state index in [9.17, 15) is 5.11 Å². The smallest absolute Gasteiger partial charge is 0.179 e. The van der Waals surface area contributed by atoms with E-state index in [-0.39, 0.29) is 5.75 Å². The Balaban J connectivity index is 1.95. The molecule has 0 spiro atoms. The lowest BCUT2D eigenvalue weighted by molar-refractivity contribution is 0.355. The van der Waals surface area contributed by atoms with Crippen LogP contribution in [0.2, 0.25) is 0 Å². The fourth-order valence-electron chi connectivity index (χ4n) is 2.16. The van der Waals surface area contributed by atoms with Gasteiger partial charge in [-0.15, -0.1) is 0 Å². The normalized spacial score (nSPS) is 10.3. The van der Waals surface area contributed by atoms with Crippen molar-refractivity contribution in [1.82, 2.24) is 0 Å². The highest BCUT2D eigenvalue weighted by Crippen LogP contribution is 2.26. The lowest BCUT2D eigenvalue weighted by atomic mass is 10.0. The molecule has 0 saturated heterocycles. The molecule has 0 saturated carbocycles. The van der Waals surface area contributed by atoms with Crippen molar-refractivity contribution in [3.63, 3.8) is 0 Å². The Kier molecular flexibility index (Phi) is 3.03. The first kappa shape index (κ1) is 11.5. The summed E-state index contributed by atoms with van der Waals surface area (Å²) in [4.78, 5) is 0. The first-order valence-electron chi connectivity index (χ1n) is 6.26. The molecule has 0 heterocycles. The average Bonchev–Trinajstić information content (AvgIpc) is 2.48. The Bertz CT molecular complexity index is 670. The monoisotopic (exact) mass is 245 g/mol. The molecule has 1 radical (unpaired) electrons. The lowest BCUT2D eigenvalue weighted by Gasteiger charge is -2.05. The van der Waals surface area contributed by atoms with Crippen molar-refractivity contribution in [3.05, 3.63) is 78.9 Å². The fourth-order valence-corrected chi connectivity index (χ4v) is 2.16. The SMILES string of the molecule is [O]c1cccc(-c2ccc(-c3ccccc3)cc2)c1. The summed E-state index contributed by atoms with van der Waals surface area (Å²) in [5.74, 6) is 0.0460. The molecule has 0 atom stereocenters. The van der Waals surface area contributed by atoms with Gasteiger partial charge in [0.2, 0.25) is 0 Å². The lowest BCUT2D eigenvalue weighted by Crippen LogP contribution is -1.79. The summed E-state index contributed by atoms with van der Waals surface area (Å²) in [7, 11) is 0. The summed E-state index contributed by atoms with van der Waals surface area (Å²) in [6, 6.07) is 25.5. The van der Waals surface area contributed by atoms with Crippen LogP contribution in [-0.4, -0.2) is 0 Å². The molecule has 91 valence electrons. The van der Waals surface area contributed by atoms with Crippen LogP contribution in [0.3, 0.4) is 0 Å². The van der Waals surface area contributed by atoms with Gasteiger partial charge in [-0.05, 0) is 34.4 Å². The third kappa shape index (κ3) is 2.50. The van der Waals surface area contributed by atoms with E-state index < -0.39 is 0 Å². The van der Waals surface area contributed by atoms with Crippen LogP contribution in [0.25, 0.3) is 22.3 Å². The molecule has 0 aliphatic carbocycles. The van der Waals surface area contributed by atoms with Crippen molar-refractivity contribution >= 4 is 0 Å². The molecular weight excluding hydrogens is 232 g/mol. The molecule has 0 unspecified atom stereocenters. The Labute approximate surface area is 112 Å². The molecule has 0 aliphatic heterocycles. The largest absolute Gasteiger partial charge is 0.290 e. The van der Waals surface area contributed by atoms with Crippen molar-refractivity contribution in [2.45, 2.75) is 0 Å². The third-order valence-corrected chi connectivity index (χ3v) is 3.16. The van der Waals surface area contributed by atoms with Gasteiger partial charge < -0.3 is 0 Å². The van der Waals surface area contributed by atoms with Crippen molar-refractivity contribution in [1.29, 1.82) is 0 Å². The van der Waals surface area contributed by atoms with Crippen LogP contribution < -0.4 is 0 Å². The minimum atomic E-state index is 0.0460. The van der Waals surface area contributed by atoms with Crippen molar-refractivity contribution < 1.29 is 5.11 Å². The highest BCUT2D eigenvalue weighted by Gasteiger charge is 2.01. The van der Waals surface area contributed by atoms with Crippen molar-refractivity contribution in [2.75, 3.05) is 0 Å². The second-order valence-electron chi connectivity index (χ2n) is 4.47. The van der Waals surface area contributed by atoms with E-state index in [1.54, 1.807) is 18.2 Å². The highest BCUT2D eigenvalue weighted by atomic mass is 16.3. The minimum absolute atomic E-state index is 0.0460. The second kappa shape index (κ2) is 4.99. The first-order valence-corrected chi connectivity index (χ1v) is 6.26. The molecule has 0 N–H and O–H groups in total. The Morgan fingerprint density at radius 2 is 1.00 bits per heavy atom. The molecule has 1 heteroatoms. The van der Waals surface area contributed by atoms with Gasteiger partial charge in [0.25, 0.3) is 0 Å². The van der Waals surface area contributed by atoms with E-state index >= 15 is 0 Å². The van der Waals surface area contributed by atoms with Gasteiger partial charge in [-0.3, -0.25) is 5.11 Å². The first-order chi connectivity index (χ1) is 9.33. The molecule has 19 heavy (non-hydrogen) atoms. The quantitative estimate of drug-likeness (QED) is 0.594. The third-order valence-electron chi connectivity index (χ3n) is 3.16. The van der Waals surface area contributed by atoms with Gasteiger partial charge >= 0.3 is 0 Å². The Hall–Kier alpha value is -2.54. The maximum Gasteiger partial charge on any atom is 0.179 e. The zero-order valence-corrected chi connectivity index (χ0v) is 10.4. The standard InChI is InChI=1S/C18H13O/c19-18-8-4-7-17(13-18)16-11-9-15(10-12-16)14-5-2-1-3-6-14/h1-13H. The number of hydrogen-bond donors (Lipinski definition) is 0. The summed E-state index contributed by atoms with van der Waals surface area (Å²) in [5, 5.41) is 11.4. The van der Waals surface area contributed by atoms with Gasteiger partial charge in [0.1, 0.15) is 0 Å². The number of hydrogen-bond acceptors (Lipinski definition) is 0. The zero-order chi connectivity index (χ0) is 13.1. The Morgan fingerprint density at radius 1 is 0.474 bits per heavy atom. The van der Waals surface area contributed by atoms with Gasteiger partial charge in [-0.2, -0.15) is 0 Å². The maximum absolute atomic E-state index is 11.4. The second-order valence-corrected chi connectivity index (χ2v) is 4.47. The van der Waals surface area contributed by atoms with E-state index in [0.29, 0.717) is 0 Å². The highest BCUT2D eigenvalue weighted by molar-refractivity contribution is 5.70. The van der Waals surface area contributed by atoms with Crippen LogP contribution in [0.5, 0.6) is 5.75 Å². The van der Waals surface area contributed by atoms with Gasteiger partial charge in [-0.25, -0.2) is 0 Å². The molecule has 0 aliphatic rings. The van der Waals surface area contributed by atoms with Crippen LogP contribution in [0.4, 0.5) is 0 Å². The molecular formula is C18H13O. The summed E-state index contributed by atoms with van der Waals surface area (Å²) >= 11 is 0. The molecule has 3 aromatic rings. The van der Waals surface area contributed by atoms with Gasteiger partial charge in [0.05, 0.1) is 0 Å². The van der Waals surface area contributed by atoms with Crippen LogP contribution in [-0.2, 0) is 5.11 Å². The predicted molar refractivity (Wildman–Crippen MR) is 77.4 cm³/mol. The van der Waals surface area contributed by atoms with Gasteiger partial charge in [0.15, 0.2) is 5.75 Å². The van der Waals surface area contributed by atoms with Crippen LogP contribution in [0.1, 0.15) is 0 Å². The summed E-state index contributed by atoms with van der Waals surface area (Å²) in [5.41, 5.74) is 4.42. The number of benzene rings is 3. The van der Waals surface area contributed by atoms with E-state index in [2.05, 4.69) is 36.4 Å². The summed E-state index contributed by atoms with van der Waals surface area (Å²) < 4.78 is 0. The molecule has 0 bridgehead atoms. The average molecular weight is 245 g/mol. The number of rotatable bonds is 2. The van der Waals surface area contributed by atoms with Crippen LogP contribution >= 0.6 is 0 Å². The molecule has 0 aromatic heterocycles. The van der Waals surface area contributed by atoms with Crippen molar-refractivity contribution in [3.8, 4) is 28.0 Å². The summed E-state index contributed by atoms with van der Waals surface area (Å²) in [6.07, 6.45) is 0. The molecule has 0 fully saturated rings. The van der Waals surface area contributed by atoms with Crippen LogP contribution in [0, 0.1) is 0 Å². The molecule has 1 nitrogen and oxygen atoms in total. The molecule has 3 aromatic carbocycles. The fraction of sp³-hybridized carbons (Fsp3) is 0. The van der Waals surface area contributed by atoms with Gasteiger partial charge in [-0.1, -0.05) is 66.7 Å². The Morgan fingerprint density at radius 3 is 1.63 bits per heavy atom. The van der Waals surface area contributed by atoms with E-state index in [4.69, 9.17) is 0 Å². The maximum atomic E-state index is 11.4. The minimum Gasteiger partial charge on any atom is -0.290 e. The van der Waals surface area contributed by atoms with Gasteiger partial charge in [0, 0.05) is 0 Å².